The number of rotatable bonds is 5. The lowest BCUT2D eigenvalue weighted by Crippen LogP contribution is -2.15. The lowest BCUT2D eigenvalue weighted by atomic mass is 10.0. The smallest absolute Gasteiger partial charge is 0.134 e. The van der Waals surface area contributed by atoms with Crippen molar-refractivity contribution in [3.63, 3.8) is 0 Å². The summed E-state index contributed by atoms with van der Waals surface area (Å²) >= 11 is 0. The first kappa shape index (κ1) is 13.2. The molecule has 0 bridgehead atoms. The minimum absolute atomic E-state index is 0.324. The van der Waals surface area contributed by atoms with Crippen LogP contribution in [0.2, 0.25) is 0 Å². The predicted molar refractivity (Wildman–Crippen MR) is 77.0 cm³/mol. The first-order valence-corrected chi connectivity index (χ1v) is 6.86. The summed E-state index contributed by atoms with van der Waals surface area (Å²) in [4.78, 5) is 0. The number of hydrogen-bond acceptors (Lipinski definition) is 2. The second-order valence-electron chi connectivity index (χ2n) is 5.23. The van der Waals surface area contributed by atoms with Gasteiger partial charge >= 0.3 is 0 Å². The Bertz CT molecular complexity index is 513. The van der Waals surface area contributed by atoms with Gasteiger partial charge in [-0.1, -0.05) is 33.3 Å². The van der Waals surface area contributed by atoms with E-state index in [1.165, 1.54) is 10.9 Å². The predicted octanol–water partition coefficient (Wildman–Crippen LogP) is 4.62. The van der Waals surface area contributed by atoms with E-state index in [2.05, 4.69) is 50.4 Å². The van der Waals surface area contributed by atoms with Gasteiger partial charge in [0.1, 0.15) is 11.3 Å². The third kappa shape index (κ3) is 2.59. The van der Waals surface area contributed by atoms with Gasteiger partial charge in [0.05, 0.1) is 6.04 Å². The maximum absolute atomic E-state index is 5.95. The summed E-state index contributed by atoms with van der Waals surface area (Å²) in [5, 5.41) is 4.54. The van der Waals surface area contributed by atoms with Crippen LogP contribution in [-0.2, 0) is 0 Å². The molecule has 0 aliphatic rings. The summed E-state index contributed by atoms with van der Waals surface area (Å²) in [5.41, 5.74) is 2.36. The van der Waals surface area contributed by atoms with E-state index in [4.69, 9.17) is 4.42 Å². The van der Waals surface area contributed by atoms with Crippen LogP contribution < -0.4 is 5.32 Å². The summed E-state index contributed by atoms with van der Waals surface area (Å²) < 4.78 is 5.95. The molecule has 0 aliphatic carbocycles. The second kappa shape index (κ2) is 5.57. The number of hydrogen-bond donors (Lipinski definition) is 1. The summed E-state index contributed by atoms with van der Waals surface area (Å²) in [6.07, 6.45) is 2.26. The van der Waals surface area contributed by atoms with Gasteiger partial charge in [0.15, 0.2) is 0 Å². The van der Waals surface area contributed by atoms with Crippen molar-refractivity contribution in [3.05, 3.63) is 35.6 Å². The summed E-state index contributed by atoms with van der Waals surface area (Å²) in [6, 6.07) is 9.00. The molecule has 2 aromatic rings. The van der Waals surface area contributed by atoms with Gasteiger partial charge in [-0.05, 0) is 43.1 Å². The Hall–Kier alpha value is -1.28. The van der Waals surface area contributed by atoms with E-state index in [1.54, 1.807) is 0 Å². The highest BCUT2D eigenvalue weighted by Crippen LogP contribution is 2.28. The van der Waals surface area contributed by atoms with Crippen molar-refractivity contribution >= 4 is 11.0 Å². The molecule has 1 atom stereocenters. The van der Waals surface area contributed by atoms with Gasteiger partial charge in [0.25, 0.3) is 0 Å². The average molecular weight is 245 g/mol. The number of furan rings is 1. The maximum atomic E-state index is 5.95. The Morgan fingerprint density at radius 3 is 2.61 bits per heavy atom. The third-order valence-electron chi connectivity index (χ3n) is 3.50. The van der Waals surface area contributed by atoms with Crippen LogP contribution in [0.15, 0.2) is 28.7 Å². The van der Waals surface area contributed by atoms with Gasteiger partial charge in [-0.3, -0.25) is 0 Å². The van der Waals surface area contributed by atoms with Crippen LogP contribution >= 0.6 is 0 Å². The molecule has 1 heterocycles. The maximum Gasteiger partial charge on any atom is 0.134 e. The van der Waals surface area contributed by atoms with Gasteiger partial charge in [-0.25, -0.2) is 0 Å². The van der Waals surface area contributed by atoms with Crippen molar-refractivity contribution in [2.24, 2.45) is 0 Å². The van der Waals surface area contributed by atoms with Crippen molar-refractivity contribution < 1.29 is 4.42 Å². The first-order chi connectivity index (χ1) is 8.65. The zero-order chi connectivity index (χ0) is 13.1. The van der Waals surface area contributed by atoms with Crippen LogP contribution in [-0.4, -0.2) is 7.05 Å². The van der Waals surface area contributed by atoms with Crippen LogP contribution in [0.25, 0.3) is 11.0 Å². The van der Waals surface area contributed by atoms with E-state index >= 15 is 0 Å². The molecule has 2 nitrogen and oxygen atoms in total. The molecule has 0 spiro atoms. The Morgan fingerprint density at radius 2 is 2.00 bits per heavy atom. The van der Waals surface area contributed by atoms with E-state index in [0.717, 1.165) is 24.2 Å². The minimum Gasteiger partial charge on any atom is -0.459 e. The fraction of sp³-hybridized carbons (Fsp3) is 0.500. The van der Waals surface area contributed by atoms with Crippen molar-refractivity contribution in [2.45, 2.75) is 45.6 Å². The quantitative estimate of drug-likeness (QED) is 0.831. The first-order valence-electron chi connectivity index (χ1n) is 6.86. The average Bonchev–Trinajstić information content (AvgIpc) is 2.78. The molecular formula is C16H23NO. The second-order valence-corrected chi connectivity index (χ2v) is 5.23. The third-order valence-corrected chi connectivity index (χ3v) is 3.50. The fourth-order valence-corrected chi connectivity index (χ4v) is 2.33. The summed E-state index contributed by atoms with van der Waals surface area (Å²) in [5.74, 6) is 1.61. The Kier molecular flexibility index (Phi) is 4.07. The molecule has 1 unspecified atom stereocenters. The van der Waals surface area contributed by atoms with E-state index in [0.29, 0.717) is 12.0 Å². The highest BCUT2D eigenvalue weighted by Gasteiger charge is 2.14. The summed E-state index contributed by atoms with van der Waals surface area (Å²) in [6.45, 7) is 6.63. The van der Waals surface area contributed by atoms with Crippen LogP contribution in [0.4, 0.5) is 0 Å². The normalized spacial score (nSPS) is 13.4. The largest absolute Gasteiger partial charge is 0.459 e. The van der Waals surface area contributed by atoms with Crippen molar-refractivity contribution in [1.29, 1.82) is 0 Å². The minimum atomic E-state index is 0.324. The lowest BCUT2D eigenvalue weighted by molar-refractivity contribution is 0.430. The van der Waals surface area contributed by atoms with E-state index in [-0.39, 0.29) is 0 Å². The standard InChI is InChI=1S/C16H23NO/c1-5-6-14(17-4)16-10-13-9-12(11(2)3)7-8-15(13)18-16/h7-11,14,17H,5-6H2,1-4H3. The Morgan fingerprint density at radius 1 is 1.22 bits per heavy atom. The van der Waals surface area contributed by atoms with Crippen molar-refractivity contribution in [2.75, 3.05) is 7.05 Å². The Balaban J connectivity index is 2.37. The molecule has 1 N–H and O–H groups in total. The molecule has 0 radical (unpaired) electrons. The van der Waals surface area contributed by atoms with Gasteiger partial charge in [0.2, 0.25) is 0 Å². The number of benzene rings is 1. The molecule has 1 aromatic carbocycles. The molecule has 98 valence electrons. The van der Waals surface area contributed by atoms with Crippen molar-refractivity contribution in [1.82, 2.24) is 5.32 Å². The van der Waals surface area contributed by atoms with E-state index in [9.17, 15) is 0 Å². The SMILES string of the molecule is CCCC(NC)c1cc2cc(C(C)C)ccc2o1. The number of nitrogens with one attached hydrogen (secondary N) is 1. The molecule has 0 amide bonds. The zero-order valence-electron chi connectivity index (χ0n) is 11.8. The molecule has 0 saturated heterocycles. The van der Waals surface area contributed by atoms with Crippen LogP contribution in [0, 0.1) is 0 Å². The van der Waals surface area contributed by atoms with Crippen molar-refractivity contribution in [3.8, 4) is 0 Å². The molecule has 18 heavy (non-hydrogen) atoms. The van der Waals surface area contributed by atoms with Gasteiger partial charge in [-0.2, -0.15) is 0 Å². The van der Waals surface area contributed by atoms with Crippen LogP contribution in [0.3, 0.4) is 0 Å². The molecule has 0 saturated carbocycles. The lowest BCUT2D eigenvalue weighted by Gasteiger charge is -2.11. The molecular weight excluding hydrogens is 222 g/mol. The van der Waals surface area contributed by atoms with Gasteiger partial charge in [-0.15, -0.1) is 0 Å². The van der Waals surface area contributed by atoms with Gasteiger partial charge < -0.3 is 9.73 Å². The molecule has 0 fully saturated rings. The van der Waals surface area contributed by atoms with Crippen LogP contribution in [0.1, 0.15) is 56.9 Å². The van der Waals surface area contributed by atoms with Gasteiger partial charge in [0, 0.05) is 5.39 Å². The Labute approximate surface area is 109 Å². The molecule has 2 heteroatoms. The number of fused-ring (bicyclic) bond motifs is 1. The topological polar surface area (TPSA) is 25.2 Å². The molecule has 1 aromatic heterocycles. The molecule has 2 rings (SSSR count). The molecule has 0 aliphatic heterocycles. The van der Waals surface area contributed by atoms with E-state index in [1.807, 2.05) is 7.05 Å². The highest BCUT2D eigenvalue weighted by molar-refractivity contribution is 5.79. The van der Waals surface area contributed by atoms with Crippen LogP contribution in [0.5, 0.6) is 0 Å². The summed E-state index contributed by atoms with van der Waals surface area (Å²) in [7, 11) is 1.99. The highest BCUT2D eigenvalue weighted by atomic mass is 16.3. The van der Waals surface area contributed by atoms with E-state index < -0.39 is 0 Å². The fourth-order valence-electron chi connectivity index (χ4n) is 2.33. The monoisotopic (exact) mass is 245 g/mol. The zero-order valence-corrected chi connectivity index (χ0v) is 11.8.